The Bertz CT molecular complexity index is 533. The molecule has 0 amide bonds. The molecule has 0 heterocycles. The van der Waals surface area contributed by atoms with E-state index in [1.165, 1.54) is 63.5 Å². The first kappa shape index (κ1) is 28.4. The fraction of sp³-hybridized carbons (Fsp3) is 0.600. The Labute approximate surface area is 201 Å². The van der Waals surface area contributed by atoms with E-state index in [9.17, 15) is 19.8 Å². The van der Waals surface area contributed by atoms with E-state index < -0.39 is 11.9 Å². The van der Waals surface area contributed by atoms with Crippen LogP contribution < -0.4 is 69.3 Å². The van der Waals surface area contributed by atoms with Crippen LogP contribution in [0.15, 0.2) is 18.2 Å². The fourth-order valence-electron chi connectivity index (χ4n) is 2.91. The van der Waals surface area contributed by atoms with Crippen LogP contribution in [0.5, 0.6) is 0 Å². The summed E-state index contributed by atoms with van der Waals surface area (Å²) in [4.78, 5) is 21.9. The van der Waals surface area contributed by atoms with E-state index in [1.54, 1.807) is 6.07 Å². The van der Waals surface area contributed by atoms with Gasteiger partial charge < -0.3 is 19.8 Å². The van der Waals surface area contributed by atoms with Crippen molar-refractivity contribution in [3.05, 3.63) is 34.9 Å². The number of aryl methyl sites for hydroxylation is 1. The Morgan fingerprint density at radius 1 is 0.731 bits per heavy atom. The summed E-state index contributed by atoms with van der Waals surface area (Å²) in [6.45, 7) is 2.22. The molecule has 0 fully saturated rings. The number of carbonyl (C=O) groups excluding carboxylic acids is 2. The minimum atomic E-state index is -1.49. The summed E-state index contributed by atoms with van der Waals surface area (Å²) in [5.74, 6) is -2.96. The van der Waals surface area contributed by atoms with E-state index in [0.29, 0.717) is 0 Å². The first-order valence-electron chi connectivity index (χ1n) is 9.12. The molecule has 0 N–H and O–H groups in total. The van der Waals surface area contributed by atoms with Gasteiger partial charge in [0.25, 0.3) is 0 Å². The molecule has 0 aliphatic heterocycles. The topological polar surface area (TPSA) is 80.3 Å². The summed E-state index contributed by atoms with van der Waals surface area (Å²) < 4.78 is 0. The number of carboxylic acids is 2. The molecule has 0 saturated heterocycles. The number of unbranched alkanes of at least 4 members (excludes halogenated alkanes) is 9. The molecule has 1 rings (SSSR count). The number of hydrogen-bond donors (Lipinski definition) is 0. The van der Waals surface area contributed by atoms with E-state index in [2.05, 4.69) is 6.92 Å². The second-order valence-corrected chi connectivity index (χ2v) is 6.39. The van der Waals surface area contributed by atoms with Crippen molar-refractivity contribution in [2.24, 2.45) is 0 Å². The summed E-state index contributed by atoms with van der Waals surface area (Å²) in [7, 11) is 0. The second-order valence-electron chi connectivity index (χ2n) is 6.39. The molecular formula is C20H28Na2O4. The number of carboxylic acid groups (broad SMARTS) is 2. The molecule has 0 aliphatic rings. The van der Waals surface area contributed by atoms with Crippen LogP contribution in [0.4, 0.5) is 0 Å². The SMILES string of the molecule is CCCCCCCCCCCCc1ccc(C(=O)[O-])c(C(=O)[O-])c1.[Na+].[Na+]. The Morgan fingerprint density at radius 3 is 1.65 bits per heavy atom. The van der Waals surface area contributed by atoms with Crippen LogP contribution >= 0.6 is 0 Å². The summed E-state index contributed by atoms with van der Waals surface area (Å²) in [5.41, 5.74) is 0.222. The van der Waals surface area contributed by atoms with Crippen molar-refractivity contribution < 1.29 is 78.9 Å². The smallest absolute Gasteiger partial charge is 0.545 e. The van der Waals surface area contributed by atoms with Gasteiger partial charge in [-0.2, -0.15) is 0 Å². The first-order chi connectivity index (χ1) is 11.6. The fourth-order valence-corrected chi connectivity index (χ4v) is 2.91. The molecule has 0 aliphatic carbocycles. The third-order valence-electron chi connectivity index (χ3n) is 4.34. The van der Waals surface area contributed by atoms with Gasteiger partial charge in [-0.3, -0.25) is 0 Å². The van der Waals surface area contributed by atoms with Crippen LogP contribution in [0.25, 0.3) is 0 Å². The maximum Gasteiger partial charge on any atom is 1.00 e. The Hall–Kier alpha value is 0.160. The number of aromatic carboxylic acids is 2. The van der Waals surface area contributed by atoms with E-state index in [-0.39, 0.29) is 70.2 Å². The molecule has 0 aromatic heterocycles. The molecule has 1 aromatic rings. The van der Waals surface area contributed by atoms with Gasteiger partial charge in [-0.1, -0.05) is 76.8 Å². The van der Waals surface area contributed by atoms with Gasteiger partial charge >= 0.3 is 59.1 Å². The van der Waals surface area contributed by atoms with Gasteiger partial charge in [0.15, 0.2) is 0 Å². The second kappa shape index (κ2) is 17.3. The minimum absolute atomic E-state index is 0. The van der Waals surface area contributed by atoms with Gasteiger partial charge in [-0.15, -0.1) is 0 Å². The van der Waals surface area contributed by atoms with Gasteiger partial charge in [0.2, 0.25) is 0 Å². The third kappa shape index (κ3) is 11.8. The van der Waals surface area contributed by atoms with Gasteiger partial charge in [0.1, 0.15) is 0 Å². The van der Waals surface area contributed by atoms with E-state index in [1.807, 2.05) is 0 Å². The van der Waals surface area contributed by atoms with Gasteiger partial charge in [0.05, 0.1) is 11.9 Å². The Morgan fingerprint density at radius 2 is 1.19 bits per heavy atom. The molecule has 0 spiro atoms. The van der Waals surface area contributed by atoms with Crippen molar-refractivity contribution in [1.29, 1.82) is 0 Å². The molecule has 26 heavy (non-hydrogen) atoms. The zero-order chi connectivity index (χ0) is 17.8. The average Bonchev–Trinajstić information content (AvgIpc) is 2.56. The van der Waals surface area contributed by atoms with Gasteiger partial charge in [-0.05, 0) is 24.5 Å². The van der Waals surface area contributed by atoms with Crippen LogP contribution in [0.2, 0.25) is 0 Å². The number of hydrogen-bond acceptors (Lipinski definition) is 4. The number of benzene rings is 1. The van der Waals surface area contributed by atoms with E-state index >= 15 is 0 Å². The van der Waals surface area contributed by atoms with Crippen molar-refractivity contribution in [2.75, 3.05) is 0 Å². The summed E-state index contributed by atoms with van der Waals surface area (Å²) in [5, 5.41) is 21.9. The molecule has 134 valence electrons. The van der Waals surface area contributed by atoms with Gasteiger partial charge in [-0.25, -0.2) is 0 Å². The predicted molar refractivity (Wildman–Crippen MR) is 90.7 cm³/mol. The van der Waals surface area contributed by atoms with Gasteiger partial charge in [0, 0.05) is 11.1 Å². The quantitative estimate of drug-likeness (QED) is 0.269. The average molecular weight is 378 g/mol. The van der Waals surface area contributed by atoms with Crippen LogP contribution in [-0.4, -0.2) is 11.9 Å². The zero-order valence-electron chi connectivity index (χ0n) is 16.6. The molecular weight excluding hydrogens is 350 g/mol. The molecule has 6 heteroatoms. The van der Waals surface area contributed by atoms with Crippen molar-refractivity contribution >= 4 is 11.9 Å². The molecule has 0 saturated carbocycles. The molecule has 0 radical (unpaired) electrons. The van der Waals surface area contributed by atoms with Crippen LogP contribution in [0.1, 0.15) is 97.4 Å². The van der Waals surface area contributed by atoms with Crippen molar-refractivity contribution in [3.8, 4) is 0 Å². The van der Waals surface area contributed by atoms with Crippen molar-refractivity contribution in [2.45, 2.75) is 77.6 Å². The largest absolute Gasteiger partial charge is 1.00 e. The summed E-state index contributed by atoms with van der Waals surface area (Å²) in [6, 6.07) is 4.35. The number of rotatable bonds is 13. The normalized spacial score (nSPS) is 9.88. The molecule has 0 unspecified atom stereocenters. The molecule has 1 aromatic carbocycles. The molecule has 0 atom stereocenters. The minimum Gasteiger partial charge on any atom is -0.545 e. The van der Waals surface area contributed by atoms with E-state index in [4.69, 9.17) is 0 Å². The van der Waals surface area contributed by atoms with Crippen LogP contribution in [0.3, 0.4) is 0 Å². The molecule has 0 bridgehead atoms. The Kier molecular flexibility index (Phi) is 18.8. The Balaban J connectivity index is 0. The van der Waals surface area contributed by atoms with Crippen molar-refractivity contribution in [3.63, 3.8) is 0 Å². The monoisotopic (exact) mass is 378 g/mol. The maximum absolute atomic E-state index is 11.0. The summed E-state index contributed by atoms with van der Waals surface area (Å²) in [6.07, 6.45) is 13.2. The predicted octanol–water partition coefficient (Wildman–Crippen LogP) is -3.11. The van der Waals surface area contributed by atoms with Crippen LogP contribution in [0, 0.1) is 0 Å². The third-order valence-corrected chi connectivity index (χ3v) is 4.34. The van der Waals surface area contributed by atoms with Crippen molar-refractivity contribution in [1.82, 2.24) is 0 Å². The van der Waals surface area contributed by atoms with E-state index in [0.717, 1.165) is 24.8 Å². The number of carbonyl (C=O) groups is 2. The van der Waals surface area contributed by atoms with Crippen LogP contribution in [-0.2, 0) is 6.42 Å². The zero-order valence-corrected chi connectivity index (χ0v) is 20.6. The molecule has 4 nitrogen and oxygen atoms in total. The first-order valence-corrected chi connectivity index (χ1v) is 9.12. The summed E-state index contributed by atoms with van der Waals surface area (Å²) >= 11 is 0. The standard InChI is InChI=1S/C20H30O4.2Na/c1-2-3-4-5-6-7-8-9-10-11-12-16-13-14-17(19(21)22)18(15-16)20(23)24;;/h13-15H,2-12H2,1H3,(H,21,22)(H,23,24);;/q;2*+1/p-2. The maximum atomic E-state index is 11.0.